The van der Waals surface area contributed by atoms with Crippen LogP contribution in [-0.2, 0) is 4.74 Å². The van der Waals surface area contributed by atoms with E-state index in [4.69, 9.17) is 4.74 Å². The normalized spacial score (nSPS) is 42.7. The first-order valence-corrected chi connectivity index (χ1v) is 13.8. The van der Waals surface area contributed by atoms with Crippen LogP contribution in [0.4, 0.5) is 0 Å². The Morgan fingerprint density at radius 2 is 1.66 bits per heavy atom. The summed E-state index contributed by atoms with van der Waals surface area (Å²) in [5.74, 6) is 0.0328. The number of allylic oxidation sites excluding steroid dienone is 2. The highest BCUT2D eigenvalue weighted by molar-refractivity contribution is 5.27. The Labute approximate surface area is 213 Å². The Morgan fingerprint density at radius 1 is 1.00 bits per heavy atom. The lowest BCUT2D eigenvalue weighted by molar-refractivity contribution is -0.205. The highest BCUT2D eigenvalue weighted by Crippen LogP contribution is 2.56. The minimum atomic E-state index is -0.878. The van der Waals surface area contributed by atoms with Crippen molar-refractivity contribution in [3.8, 4) is 0 Å². The number of hydrogen-bond acceptors (Lipinski definition) is 5. The van der Waals surface area contributed by atoms with Crippen molar-refractivity contribution in [2.45, 2.75) is 148 Å². The van der Waals surface area contributed by atoms with Crippen LogP contribution < -0.4 is 0 Å². The minimum absolute atomic E-state index is 0.00741. The van der Waals surface area contributed by atoms with Gasteiger partial charge in [-0.2, -0.15) is 0 Å². The van der Waals surface area contributed by atoms with E-state index >= 15 is 0 Å². The van der Waals surface area contributed by atoms with Crippen molar-refractivity contribution in [1.82, 2.24) is 0 Å². The fraction of sp³-hybridized carbons (Fsp3) is 0.867. The van der Waals surface area contributed by atoms with Crippen molar-refractivity contribution in [2.75, 3.05) is 0 Å². The van der Waals surface area contributed by atoms with E-state index in [2.05, 4.69) is 20.8 Å². The molecule has 5 nitrogen and oxygen atoms in total. The van der Waals surface area contributed by atoms with Crippen molar-refractivity contribution in [2.24, 2.45) is 16.7 Å². The van der Waals surface area contributed by atoms with E-state index in [0.29, 0.717) is 19.3 Å². The van der Waals surface area contributed by atoms with Gasteiger partial charge >= 0.3 is 0 Å². The summed E-state index contributed by atoms with van der Waals surface area (Å²) in [5, 5.41) is 43.6. The molecule has 0 bridgehead atoms. The molecule has 0 spiro atoms. The van der Waals surface area contributed by atoms with Crippen molar-refractivity contribution >= 4 is 0 Å². The van der Waals surface area contributed by atoms with Crippen LogP contribution in [0, 0.1) is 16.7 Å². The van der Waals surface area contributed by atoms with Crippen molar-refractivity contribution in [1.29, 1.82) is 0 Å². The zero-order chi connectivity index (χ0) is 26.4. The Kier molecular flexibility index (Phi) is 8.13. The first-order chi connectivity index (χ1) is 15.9. The SMILES string of the molecule is CC1=C(CC[C@H]2[C@]3(C)CC[C@H](O)C(C)(C)O[C@H]3CC[C@@]2(C)O)[C@](C)(C/C=C/C(C)(C)O)[C@H](O)CC1. The second-order valence-corrected chi connectivity index (χ2v) is 13.7. The van der Waals surface area contributed by atoms with Crippen LogP contribution in [0.2, 0.25) is 0 Å². The van der Waals surface area contributed by atoms with E-state index in [1.165, 1.54) is 11.1 Å². The van der Waals surface area contributed by atoms with Crippen LogP contribution in [0.15, 0.2) is 23.3 Å². The summed E-state index contributed by atoms with van der Waals surface area (Å²) in [6.45, 7) is 16.1. The molecule has 1 heterocycles. The van der Waals surface area contributed by atoms with Gasteiger partial charge in [0.2, 0.25) is 0 Å². The van der Waals surface area contributed by atoms with Gasteiger partial charge in [0.15, 0.2) is 0 Å². The van der Waals surface area contributed by atoms with Gasteiger partial charge in [-0.15, -0.1) is 0 Å². The van der Waals surface area contributed by atoms with E-state index in [-0.39, 0.29) is 22.9 Å². The Morgan fingerprint density at radius 3 is 2.29 bits per heavy atom. The van der Waals surface area contributed by atoms with Crippen LogP contribution in [0.25, 0.3) is 0 Å². The molecule has 3 aliphatic rings. The fourth-order valence-corrected chi connectivity index (χ4v) is 7.42. The zero-order valence-corrected chi connectivity index (χ0v) is 23.5. The lowest BCUT2D eigenvalue weighted by atomic mass is 9.55. The van der Waals surface area contributed by atoms with Gasteiger partial charge in [0.05, 0.1) is 35.1 Å². The van der Waals surface area contributed by atoms with Crippen LogP contribution in [-0.4, -0.2) is 55.5 Å². The molecule has 2 fully saturated rings. The standard InChI is InChI=1S/C30H52O5/c1-20-10-13-24(32)28(6,17-9-16-26(2,3)33)21(20)11-12-22-29(7)18-14-23(31)27(4,5)35-25(29)15-19-30(22,8)34/h9,16,22-25,31-34H,10-15,17-19H2,1-8H3/b16-9+/t22-,23-,24+,25-,28-,29-,30+/m0/s1. The van der Waals surface area contributed by atoms with Gasteiger partial charge in [-0.25, -0.2) is 0 Å². The minimum Gasteiger partial charge on any atom is -0.392 e. The molecule has 0 unspecified atom stereocenters. The summed E-state index contributed by atoms with van der Waals surface area (Å²) in [7, 11) is 0. The van der Waals surface area contributed by atoms with E-state index < -0.39 is 29.0 Å². The molecule has 1 saturated carbocycles. The summed E-state index contributed by atoms with van der Waals surface area (Å²) < 4.78 is 6.55. The number of aliphatic hydroxyl groups is 4. The van der Waals surface area contributed by atoms with Gasteiger partial charge in [0, 0.05) is 5.41 Å². The first-order valence-electron chi connectivity index (χ1n) is 13.8. The molecule has 202 valence electrons. The van der Waals surface area contributed by atoms with Gasteiger partial charge in [-0.05, 0) is 111 Å². The van der Waals surface area contributed by atoms with Gasteiger partial charge in [0.1, 0.15) is 0 Å². The second kappa shape index (κ2) is 9.87. The highest BCUT2D eigenvalue weighted by atomic mass is 16.5. The van der Waals surface area contributed by atoms with Crippen LogP contribution in [0.3, 0.4) is 0 Å². The second-order valence-electron chi connectivity index (χ2n) is 13.7. The number of aliphatic hydroxyl groups excluding tert-OH is 2. The number of ether oxygens (including phenoxy) is 1. The quantitative estimate of drug-likeness (QED) is 0.370. The Bertz CT molecular complexity index is 819. The first kappa shape index (κ1) is 28.8. The number of fused-ring (bicyclic) bond motifs is 1. The molecule has 0 aromatic heterocycles. The third-order valence-corrected chi connectivity index (χ3v) is 9.88. The van der Waals surface area contributed by atoms with E-state index in [1.807, 2.05) is 32.9 Å². The maximum absolute atomic E-state index is 11.6. The average Bonchev–Trinajstić information content (AvgIpc) is 2.80. The fourth-order valence-electron chi connectivity index (χ4n) is 7.42. The maximum Gasteiger partial charge on any atom is 0.0888 e. The van der Waals surface area contributed by atoms with Crippen molar-refractivity contribution in [3.05, 3.63) is 23.3 Å². The number of rotatable bonds is 6. The molecule has 1 saturated heterocycles. The lowest BCUT2D eigenvalue weighted by Crippen LogP contribution is -2.56. The highest BCUT2D eigenvalue weighted by Gasteiger charge is 2.56. The zero-order valence-electron chi connectivity index (χ0n) is 23.5. The largest absolute Gasteiger partial charge is 0.392 e. The molecule has 5 heteroatoms. The third-order valence-electron chi connectivity index (χ3n) is 9.88. The molecule has 7 atom stereocenters. The van der Waals surface area contributed by atoms with Crippen LogP contribution in [0.5, 0.6) is 0 Å². The predicted octanol–water partition coefficient (Wildman–Crippen LogP) is 5.45. The molecule has 0 aromatic rings. The smallest absolute Gasteiger partial charge is 0.0888 e. The average molecular weight is 493 g/mol. The summed E-state index contributed by atoms with van der Waals surface area (Å²) in [4.78, 5) is 0. The summed E-state index contributed by atoms with van der Waals surface area (Å²) >= 11 is 0. The van der Waals surface area contributed by atoms with Crippen molar-refractivity contribution in [3.63, 3.8) is 0 Å². The molecule has 3 rings (SSSR count). The summed E-state index contributed by atoms with van der Waals surface area (Å²) in [6, 6.07) is 0. The molecular weight excluding hydrogens is 440 g/mol. The van der Waals surface area contributed by atoms with Gasteiger partial charge in [0.25, 0.3) is 0 Å². The topological polar surface area (TPSA) is 90.2 Å². The third kappa shape index (κ3) is 5.90. The number of hydrogen-bond donors (Lipinski definition) is 4. The molecule has 0 aromatic carbocycles. The molecule has 2 aliphatic carbocycles. The van der Waals surface area contributed by atoms with Gasteiger partial charge in [-0.3, -0.25) is 0 Å². The molecule has 0 radical (unpaired) electrons. The monoisotopic (exact) mass is 492 g/mol. The van der Waals surface area contributed by atoms with Gasteiger partial charge in [-0.1, -0.05) is 37.1 Å². The maximum atomic E-state index is 11.6. The van der Waals surface area contributed by atoms with Gasteiger partial charge < -0.3 is 25.2 Å². The molecule has 4 N–H and O–H groups in total. The van der Waals surface area contributed by atoms with E-state index in [0.717, 1.165) is 38.5 Å². The van der Waals surface area contributed by atoms with Crippen molar-refractivity contribution < 1.29 is 25.2 Å². The van der Waals surface area contributed by atoms with Crippen LogP contribution >= 0.6 is 0 Å². The summed E-state index contributed by atoms with van der Waals surface area (Å²) in [5.41, 5.74) is -0.232. The lowest BCUT2D eigenvalue weighted by Gasteiger charge is -2.54. The summed E-state index contributed by atoms with van der Waals surface area (Å²) in [6.07, 6.45) is 9.86. The van der Waals surface area contributed by atoms with Crippen LogP contribution in [0.1, 0.15) is 113 Å². The Hall–Kier alpha value is -0.720. The van der Waals surface area contributed by atoms with E-state index in [9.17, 15) is 20.4 Å². The molecule has 1 aliphatic heterocycles. The molecular formula is C30H52O5. The molecule has 35 heavy (non-hydrogen) atoms. The Balaban J connectivity index is 1.88. The predicted molar refractivity (Wildman–Crippen MR) is 141 cm³/mol. The van der Waals surface area contributed by atoms with E-state index in [1.54, 1.807) is 13.8 Å². The molecule has 0 amide bonds.